The second kappa shape index (κ2) is 11.7. The van der Waals surface area contributed by atoms with Gasteiger partial charge in [0.1, 0.15) is 24.0 Å². The number of rotatable bonds is 7. The van der Waals surface area contributed by atoms with Crippen LogP contribution in [0.3, 0.4) is 0 Å². The zero-order chi connectivity index (χ0) is 26.5. The van der Waals surface area contributed by atoms with E-state index in [2.05, 4.69) is 25.8 Å². The van der Waals surface area contributed by atoms with Gasteiger partial charge in [0.25, 0.3) is 5.91 Å². The zero-order valence-electron chi connectivity index (χ0n) is 20.1. The van der Waals surface area contributed by atoms with E-state index in [-0.39, 0.29) is 5.57 Å². The average molecular weight is 595 g/mol. The molecule has 0 unspecified atom stereocenters. The van der Waals surface area contributed by atoms with Gasteiger partial charge in [-0.1, -0.05) is 51.3 Å². The van der Waals surface area contributed by atoms with Gasteiger partial charge in [0, 0.05) is 27.2 Å². The molecule has 1 heterocycles. The summed E-state index contributed by atoms with van der Waals surface area (Å²) in [5.41, 5.74) is 5.10. The summed E-state index contributed by atoms with van der Waals surface area (Å²) in [4.78, 5) is 12.7. The van der Waals surface area contributed by atoms with Crippen molar-refractivity contribution in [2.75, 3.05) is 5.32 Å². The molecule has 3 aromatic carbocycles. The van der Waals surface area contributed by atoms with E-state index in [4.69, 9.17) is 27.9 Å². The van der Waals surface area contributed by atoms with Gasteiger partial charge in [0.15, 0.2) is 0 Å². The predicted molar refractivity (Wildman–Crippen MR) is 152 cm³/mol. The molecule has 4 aromatic rings. The highest BCUT2D eigenvalue weighted by atomic mass is 79.9. The molecule has 0 aliphatic rings. The van der Waals surface area contributed by atoms with Crippen molar-refractivity contribution in [2.45, 2.75) is 20.5 Å². The number of halogens is 3. The highest BCUT2D eigenvalue weighted by Gasteiger charge is 2.15. The Labute approximate surface area is 234 Å². The Morgan fingerprint density at radius 1 is 1.03 bits per heavy atom. The Bertz CT molecular complexity index is 1520. The number of hydrogen-bond acceptors (Lipinski definition) is 3. The molecule has 0 aliphatic carbocycles. The smallest absolute Gasteiger partial charge is 0.266 e. The minimum atomic E-state index is -0.530. The maximum absolute atomic E-state index is 12.7. The van der Waals surface area contributed by atoms with Crippen LogP contribution in [0.15, 0.2) is 82.8 Å². The summed E-state index contributed by atoms with van der Waals surface area (Å²) in [6, 6.07) is 24.5. The molecule has 5 nitrogen and oxygen atoms in total. The number of carbonyl (C=O) groups is 1. The van der Waals surface area contributed by atoms with Crippen molar-refractivity contribution in [1.29, 1.82) is 5.26 Å². The fourth-order valence-corrected chi connectivity index (χ4v) is 4.41. The van der Waals surface area contributed by atoms with Crippen LogP contribution in [-0.2, 0) is 11.4 Å². The Hall–Kier alpha value is -3.50. The van der Waals surface area contributed by atoms with Crippen LogP contribution in [0.4, 0.5) is 5.69 Å². The molecule has 37 heavy (non-hydrogen) atoms. The fourth-order valence-electron chi connectivity index (χ4n) is 3.85. The first-order valence-electron chi connectivity index (χ1n) is 11.3. The Morgan fingerprint density at radius 2 is 1.73 bits per heavy atom. The van der Waals surface area contributed by atoms with Crippen molar-refractivity contribution in [3.8, 4) is 17.5 Å². The molecule has 0 aliphatic heterocycles. The summed E-state index contributed by atoms with van der Waals surface area (Å²) >= 11 is 15.4. The largest absolute Gasteiger partial charge is 0.489 e. The Balaban J connectivity index is 1.51. The van der Waals surface area contributed by atoms with Gasteiger partial charge in [0.2, 0.25) is 0 Å². The topological polar surface area (TPSA) is 67.0 Å². The number of benzene rings is 3. The lowest BCUT2D eigenvalue weighted by molar-refractivity contribution is -0.112. The Morgan fingerprint density at radius 3 is 2.38 bits per heavy atom. The highest BCUT2D eigenvalue weighted by molar-refractivity contribution is 9.10. The Kier molecular flexibility index (Phi) is 8.40. The van der Waals surface area contributed by atoms with Gasteiger partial charge in [-0.05, 0) is 91.7 Å². The van der Waals surface area contributed by atoms with Crippen LogP contribution >= 0.6 is 39.1 Å². The van der Waals surface area contributed by atoms with Crippen molar-refractivity contribution >= 4 is 56.8 Å². The number of ether oxygens (including phenoxy) is 1. The summed E-state index contributed by atoms with van der Waals surface area (Å²) < 4.78 is 9.01. The van der Waals surface area contributed by atoms with E-state index >= 15 is 0 Å². The fraction of sp³-hybridized carbons (Fsp3) is 0.103. The van der Waals surface area contributed by atoms with E-state index in [1.54, 1.807) is 18.2 Å². The third kappa shape index (κ3) is 6.44. The molecule has 1 amide bonds. The summed E-state index contributed by atoms with van der Waals surface area (Å²) in [5.74, 6) is 0.234. The van der Waals surface area contributed by atoms with Crippen LogP contribution in [0.1, 0.15) is 22.5 Å². The molecule has 4 rings (SSSR count). The molecule has 8 heteroatoms. The standard InChI is InChI=1S/C29H22BrCl2N3O2/c1-18-13-21(14-22(16-33)29(36)34-24-7-12-27(31)28(32)15-24)19(2)35(18)25-8-10-26(11-9-25)37-17-20-3-5-23(30)6-4-20/h3-15H,17H2,1-2H3,(H,34,36)/b22-14-. The van der Waals surface area contributed by atoms with Gasteiger partial charge in [-0.15, -0.1) is 0 Å². The number of nitrogens with zero attached hydrogens (tertiary/aromatic N) is 2. The predicted octanol–water partition coefficient (Wildman–Crippen LogP) is 8.29. The van der Waals surface area contributed by atoms with Crippen molar-refractivity contribution in [1.82, 2.24) is 4.57 Å². The van der Waals surface area contributed by atoms with Crippen molar-refractivity contribution in [2.24, 2.45) is 0 Å². The van der Waals surface area contributed by atoms with Gasteiger partial charge >= 0.3 is 0 Å². The SMILES string of the molecule is Cc1cc(/C=C(/C#N)C(=O)Nc2ccc(Cl)c(Cl)c2)c(C)n1-c1ccc(OCc2ccc(Br)cc2)cc1. The summed E-state index contributed by atoms with van der Waals surface area (Å²) in [5, 5.41) is 13.0. The van der Waals surface area contributed by atoms with E-state index in [1.165, 1.54) is 6.07 Å². The second-order valence-electron chi connectivity index (χ2n) is 8.32. The van der Waals surface area contributed by atoms with Crippen LogP contribution in [0, 0.1) is 25.2 Å². The van der Waals surface area contributed by atoms with Gasteiger partial charge in [-0.3, -0.25) is 4.79 Å². The molecule has 186 valence electrons. The molecule has 1 N–H and O–H groups in total. The van der Waals surface area contributed by atoms with Crippen molar-refractivity contribution < 1.29 is 9.53 Å². The summed E-state index contributed by atoms with van der Waals surface area (Å²) in [6.07, 6.45) is 1.58. The number of aromatic nitrogens is 1. The summed E-state index contributed by atoms with van der Waals surface area (Å²) in [7, 11) is 0. The molecule has 0 saturated carbocycles. The van der Waals surface area contributed by atoms with Gasteiger partial charge in [-0.25, -0.2) is 0 Å². The normalized spacial score (nSPS) is 11.2. The van der Waals surface area contributed by atoms with Gasteiger partial charge in [-0.2, -0.15) is 5.26 Å². The lowest BCUT2D eigenvalue weighted by Crippen LogP contribution is -2.13. The lowest BCUT2D eigenvalue weighted by Gasteiger charge is -2.12. The highest BCUT2D eigenvalue weighted by Crippen LogP contribution is 2.27. The first-order valence-corrected chi connectivity index (χ1v) is 12.8. The molecule has 0 bridgehead atoms. The van der Waals surface area contributed by atoms with Crippen molar-refractivity contribution in [3.63, 3.8) is 0 Å². The minimum Gasteiger partial charge on any atom is -0.489 e. The average Bonchev–Trinajstić information content (AvgIpc) is 3.17. The van der Waals surface area contributed by atoms with Crippen LogP contribution in [-0.4, -0.2) is 10.5 Å². The van der Waals surface area contributed by atoms with Gasteiger partial charge < -0.3 is 14.6 Å². The first-order chi connectivity index (χ1) is 17.7. The van der Waals surface area contributed by atoms with Crippen LogP contribution in [0.2, 0.25) is 10.0 Å². The summed E-state index contributed by atoms with van der Waals surface area (Å²) in [6.45, 7) is 4.40. The number of nitriles is 1. The van der Waals surface area contributed by atoms with Crippen LogP contribution in [0.5, 0.6) is 5.75 Å². The molecule has 0 spiro atoms. The van der Waals surface area contributed by atoms with Crippen LogP contribution < -0.4 is 10.1 Å². The number of anilines is 1. The second-order valence-corrected chi connectivity index (χ2v) is 10.1. The first kappa shape index (κ1) is 26.6. The molecule has 0 saturated heterocycles. The number of nitrogens with one attached hydrogen (secondary N) is 1. The molecular formula is C29H22BrCl2N3O2. The number of hydrogen-bond donors (Lipinski definition) is 1. The molecule has 0 fully saturated rings. The number of carbonyl (C=O) groups excluding carboxylic acids is 1. The zero-order valence-corrected chi connectivity index (χ0v) is 23.2. The molecular weight excluding hydrogens is 573 g/mol. The molecule has 0 radical (unpaired) electrons. The quantitative estimate of drug-likeness (QED) is 0.173. The van der Waals surface area contributed by atoms with E-state index in [9.17, 15) is 10.1 Å². The number of aryl methyl sites for hydroxylation is 1. The minimum absolute atomic E-state index is 0.0250. The molecule has 1 aromatic heterocycles. The maximum atomic E-state index is 12.7. The van der Waals surface area contributed by atoms with Crippen molar-refractivity contribution in [3.05, 3.63) is 115 Å². The van der Waals surface area contributed by atoms with E-state index < -0.39 is 5.91 Å². The maximum Gasteiger partial charge on any atom is 0.266 e. The monoisotopic (exact) mass is 593 g/mol. The number of amides is 1. The van der Waals surface area contributed by atoms with E-state index in [0.29, 0.717) is 22.3 Å². The third-order valence-corrected chi connectivity index (χ3v) is 6.99. The lowest BCUT2D eigenvalue weighted by atomic mass is 10.1. The van der Waals surface area contributed by atoms with Gasteiger partial charge in [0.05, 0.1) is 10.0 Å². The third-order valence-electron chi connectivity index (χ3n) is 5.73. The molecule has 0 atom stereocenters. The van der Waals surface area contributed by atoms with E-state index in [1.807, 2.05) is 74.5 Å². The van der Waals surface area contributed by atoms with E-state index in [0.717, 1.165) is 38.4 Å². The van der Waals surface area contributed by atoms with Crippen LogP contribution in [0.25, 0.3) is 11.8 Å².